The van der Waals surface area contributed by atoms with E-state index in [2.05, 4.69) is 15.1 Å². The van der Waals surface area contributed by atoms with Gasteiger partial charge in [-0.2, -0.15) is 5.10 Å². The van der Waals surface area contributed by atoms with Gasteiger partial charge in [0.2, 0.25) is 0 Å². The zero-order valence-corrected chi connectivity index (χ0v) is 9.07. The van der Waals surface area contributed by atoms with Gasteiger partial charge in [0, 0.05) is 13.2 Å². The van der Waals surface area contributed by atoms with Crippen molar-refractivity contribution in [3.05, 3.63) is 36.2 Å². The van der Waals surface area contributed by atoms with Crippen LogP contribution in [0.25, 0.3) is 0 Å². The van der Waals surface area contributed by atoms with E-state index >= 15 is 0 Å². The molecule has 0 aromatic carbocycles. The molecule has 0 atom stereocenters. The zero-order chi connectivity index (χ0) is 12.3. The predicted molar refractivity (Wildman–Crippen MR) is 56.5 cm³/mol. The van der Waals surface area contributed by atoms with Gasteiger partial charge in [0.05, 0.1) is 18.1 Å². The zero-order valence-electron chi connectivity index (χ0n) is 9.07. The summed E-state index contributed by atoms with van der Waals surface area (Å²) in [5.74, 6) is -0.516. The number of hydrogen-bond acceptors (Lipinski definition) is 5. The molecule has 2 aromatic rings. The molecule has 7 heteroatoms. The highest BCUT2D eigenvalue weighted by Gasteiger charge is 2.11. The molecule has 0 radical (unpaired) electrons. The number of hydrogen-bond donors (Lipinski definition) is 1. The number of aryl methyl sites for hydroxylation is 1. The van der Waals surface area contributed by atoms with Gasteiger partial charge in [0.25, 0.3) is 0 Å². The normalized spacial score (nSPS) is 10.2. The van der Waals surface area contributed by atoms with Gasteiger partial charge in [0.15, 0.2) is 5.75 Å². The average Bonchev–Trinajstić information content (AvgIpc) is 2.73. The van der Waals surface area contributed by atoms with E-state index in [1.807, 2.05) is 0 Å². The second-order valence-corrected chi connectivity index (χ2v) is 3.33. The molecule has 2 heterocycles. The van der Waals surface area contributed by atoms with Gasteiger partial charge < -0.3 is 9.84 Å². The van der Waals surface area contributed by atoms with Gasteiger partial charge in [-0.1, -0.05) is 0 Å². The van der Waals surface area contributed by atoms with Gasteiger partial charge in [0.1, 0.15) is 18.5 Å². The summed E-state index contributed by atoms with van der Waals surface area (Å²) in [7, 11) is 1.76. The molecular formula is C10H10N4O3. The Morgan fingerprint density at radius 1 is 1.53 bits per heavy atom. The molecule has 2 rings (SSSR count). The molecule has 2 aromatic heterocycles. The Labute approximate surface area is 96.7 Å². The van der Waals surface area contributed by atoms with Crippen LogP contribution in [0.2, 0.25) is 0 Å². The van der Waals surface area contributed by atoms with E-state index in [4.69, 9.17) is 9.84 Å². The number of carboxylic acid groups (broad SMARTS) is 1. The van der Waals surface area contributed by atoms with Crippen LogP contribution in [0, 0.1) is 0 Å². The Balaban J connectivity index is 2.11. The fourth-order valence-electron chi connectivity index (χ4n) is 1.27. The molecule has 0 aliphatic heterocycles. The van der Waals surface area contributed by atoms with Crippen LogP contribution < -0.4 is 4.74 Å². The third kappa shape index (κ3) is 2.57. The number of aromatic nitrogens is 4. The van der Waals surface area contributed by atoms with E-state index in [0.717, 1.165) is 0 Å². The first kappa shape index (κ1) is 11.1. The third-order valence-corrected chi connectivity index (χ3v) is 2.08. The van der Waals surface area contributed by atoms with Gasteiger partial charge >= 0.3 is 5.97 Å². The number of carboxylic acids is 1. The minimum atomic E-state index is -1.07. The van der Waals surface area contributed by atoms with Crippen molar-refractivity contribution in [2.24, 2.45) is 7.05 Å². The SMILES string of the molecule is Cn1cc(OCc2ncncc2C(=O)O)cn1. The van der Waals surface area contributed by atoms with Crippen LogP contribution >= 0.6 is 0 Å². The van der Waals surface area contributed by atoms with Crippen molar-refractivity contribution in [2.45, 2.75) is 6.61 Å². The fourth-order valence-corrected chi connectivity index (χ4v) is 1.27. The van der Waals surface area contributed by atoms with Crippen molar-refractivity contribution < 1.29 is 14.6 Å². The van der Waals surface area contributed by atoms with Crippen LogP contribution in [0.1, 0.15) is 16.1 Å². The third-order valence-electron chi connectivity index (χ3n) is 2.08. The lowest BCUT2D eigenvalue weighted by atomic mass is 10.2. The topological polar surface area (TPSA) is 90.1 Å². The van der Waals surface area contributed by atoms with E-state index in [1.54, 1.807) is 24.1 Å². The Morgan fingerprint density at radius 2 is 2.35 bits per heavy atom. The molecule has 7 nitrogen and oxygen atoms in total. The second kappa shape index (κ2) is 4.60. The standard InChI is InChI=1S/C10H10N4O3/c1-14-4-7(2-13-14)17-5-9-8(10(15)16)3-11-6-12-9/h2-4,6H,5H2,1H3,(H,15,16). The number of carbonyl (C=O) groups is 1. The highest BCUT2D eigenvalue weighted by Crippen LogP contribution is 2.11. The van der Waals surface area contributed by atoms with Gasteiger partial charge in [-0.25, -0.2) is 14.8 Å². The molecule has 0 fully saturated rings. The maximum absolute atomic E-state index is 10.9. The van der Waals surface area contributed by atoms with E-state index in [-0.39, 0.29) is 12.2 Å². The van der Waals surface area contributed by atoms with Crippen molar-refractivity contribution in [1.29, 1.82) is 0 Å². The van der Waals surface area contributed by atoms with Gasteiger partial charge in [-0.05, 0) is 0 Å². The van der Waals surface area contributed by atoms with E-state index < -0.39 is 5.97 Å². The molecule has 0 saturated carbocycles. The highest BCUT2D eigenvalue weighted by molar-refractivity contribution is 5.88. The van der Waals surface area contributed by atoms with Crippen molar-refractivity contribution >= 4 is 5.97 Å². The van der Waals surface area contributed by atoms with Crippen LogP contribution in [0.3, 0.4) is 0 Å². The number of nitrogens with zero attached hydrogens (tertiary/aromatic N) is 4. The summed E-state index contributed by atoms with van der Waals surface area (Å²) in [5.41, 5.74) is 0.368. The first-order valence-electron chi connectivity index (χ1n) is 4.80. The molecule has 17 heavy (non-hydrogen) atoms. The first-order valence-corrected chi connectivity index (χ1v) is 4.80. The summed E-state index contributed by atoms with van der Waals surface area (Å²) in [6, 6.07) is 0. The van der Waals surface area contributed by atoms with Crippen LogP contribution in [0.15, 0.2) is 24.9 Å². The van der Waals surface area contributed by atoms with Crippen LogP contribution in [0.4, 0.5) is 0 Å². The van der Waals surface area contributed by atoms with Crippen molar-refractivity contribution in [3.63, 3.8) is 0 Å². The molecule has 88 valence electrons. The molecule has 0 saturated heterocycles. The second-order valence-electron chi connectivity index (χ2n) is 3.33. The molecule has 0 bridgehead atoms. The minimum Gasteiger partial charge on any atom is -0.484 e. The van der Waals surface area contributed by atoms with Crippen molar-refractivity contribution in [2.75, 3.05) is 0 Å². The minimum absolute atomic E-state index is 0.0383. The number of rotatable bonds is 4. The smallest absolute Gasteiger partial charge is 0.339 e. The van der Waals surface area contributed by atoms with Gasteiger partial charge in [-0.3, -0.25) is 4.68 Å². The Morgan fingerprint density at radius 3 is 3.00 bits per heavy atom. The predicted octanol–water partition coefficient (Wildman–Crippen LogP) is 0.487. The molecule has 1 N–H and O–H groups in total. The van der Waals surface area contributed by atoms with E-state index in [9.17, 15) is 4.79 Å². The molecule has 0 aliphatic rings. The Bertz CT molecular complexity index is 538. The summed E-state index contributed by atoms with van der Waals surface area (Å²) in [5, 5.41) is 12.8. The lowest BCUT2D eigenvalue weighted by Crippen LogP contribution is -2.08. The van der Waals surface area contributed by atoms with E-state index in [1.165, 1.54) is 12.5 Å². The molecule has 0 amide bonds. The summed E-state index contributed by atoms with van der Waals surface area (Å²) in [6.07, 6.45) is 5.76. The maximum atomic E-state index is 10.9. The Kier molecular flexibility index (Phi) is 2.99. The van der Waals surface area contributed by atoms with Crippen molar-refractivity contribution in [3.8, 4) is 5.75 Å². The summed E-state index contributed by atoms with van der Waals surface area (Å²) in [4.78, 5) is 18.4. The lowest BCUT2D eigenvalue weighted by molar-refractivity contribution is 0.0692. The van der Waals surface area contributed by atoms with Crippen LogP contribution in [-0.4, -0.2) is 30.8 Å². The fraction of sp³-hybridized carbons (Fsp3) is 0.200. The molecule has 0 aliphatic carbocycles. The van der Waals surface area contributed by atoms with Crippen LogP contribution in [0.5, 0.6) is 5.75 Å². The quantitative estimate of drug-likeness (QED) is 0.827. The highest BCUT2D eigenvalue weighted by atomic mass is 16.5. The Hall–Kier alpha value is -2.44. The van der Waals surface area contributed by atoms with E-state index in [0.29, 0.717) is 11.4 Å². The molecular weight excluding hydrogens is 224 g/mol. The summed E-state index contributed by atoms with van der Waals surface area (Å²) in [6.45, 7) is 0.0653. The number of aromatic carboxylic acids is 1. The molecule has 0 spiro atoms. The number of ether oxygens (including phenoxy) is 1. The lowest BCUT2D eigenvalue weighted by Gasteiger charge is -2.04. The largest absolute Gasteiger partial charge is 0.484 e. The van der Waals surface area contributed by atoms with Gasteiger partial charge in [-0.15, -0.1) is 0 Å². The monoisotopic (exact) mass is 234 g/mol. The molecule has 0 unspecified atom stereocenters. The summed E-state index contributed by atoms with van der Waals surface area (Å²) >= 11 is 0. The summed E-state index contributed by atoms with van der Waals surface area (Å²) < 4.78 is 6.96. The van der Waals surface area contributed by atoms with Crippen molar-refractivity contribution in [1.82, 2.24) is 19.7 Å². The first-order chi connectivity index (χ1) is 8.16. The average molecular weight is 234 g/mol. The van der Waals surface area contributed by atoms with Crippen LogP contribution in [-0.2, 0) is 13.7 Å². The maximum Gasteiger partial charge on any atom is 0.339 e.